The van der Waals surface area contributed by atoms with Gasteiger partial charge < -0.3 is 28.8 Å². The average molecular weight is 1040 g/mol. The summed E-state index contributed by atoms with van der Waals surface area (Å²) < 4.78 is 23.4. The lowest BCUT2D eigenvalue weighted by Crippen LogP contribution is -2.45. The fourth-order valence-electron chi connectivity index (χ4n) is 9.40. The molecule has 0 saturated carbocycles. The Morgan fingerprint density at radius 1 is 0.472 bits per heavy atom. The molecule has 8 nitrogen and oxygen atoms in total. The number of rotatable bonds is 58. The first kappa shape index (κ1) is 70.7. The topological polar surface area (TPSA) is 108 Å². The number of quaternary nitrogens is 1. The van der Waals surface area contributed by atoms with Crippen LogP contribution >= 0.6 is 7.82 Å². The van der Waals surface area contributed by atoms with Gasteiger partial charge in [0.15, 0.2) is 0 Å². The summed E-state index contributed by atoms with van der Waals surface area (Å²) in [7, 11) is 1.25. The molecule has 0 aromatic carbocycles. The van der Waals surface area contributed by atoms with Gasteiger partial charge in [0.05, 0.1) is 39.9 Å². The van der Waals surface area contributed by atoms with E-state index >= 15 is 0 Å². The number of carbonyl (C=O) groups excluding carboxylic acids is 1. The number of amides is 1. The number of aliphatic hydroxyl groups is 1. The van der Waals surface area contributed by atoms with E-state index in [9.17, 15) is 19.4 Å². The van der Waals surface area contributed by atoms with E-state index in [1.807, 2.05) is 27.2 Å². The molecule has 2 N–H and O–H groups in total. The molecule has 0 radical (unpaired) electrons. The van der Waals surface area contributed by atoms with Crippen LogP contribution in [0, 0.1) is 0 Å². The van der Waals surface area contributed by atoms with Crippen molar-refractivity contribution in [3.63, 3.8) is 0 Å². The Kier molecular flexibility index (Phi) is 53.5. The molecule has 0 aliphatic rings. The first-order valence-electron chi connectivity index (χ1n) is 31.4. The molecule has 9 heteroatoms. The second-order valence-electron chi connectivity index (χ2n) is 22.8. The van der Waals surface area contributed by atoms with Crippen LogP contribution in [0.1, 0.15) is 309 Å². The van der Waals surface area contributed by atoms with Gasteiger partial charge in [-0.25, -0.2) is 0 Å². The first-order valence-corrected chi connectivity index (χ1v) is 32.8. The van der Waals surface area contributed by atoms with Gasteiger partial charge in [-0.3, -0.25) is 9.36 Å². The monoisotopic (exact) mass is 1030 g/mol. The third-order valence-corrected chi connectivity index (χ3v) is 15.3. The van der Waals surface area contributed by atoms with Crippen LogP contribution in [0.3, 0.4) is 0 Å². The van der Waals surface area contributed by atoms with E-state index in [0.717, 1.165) is 38.5 Å². The van der Waals surface area contributed by atoms with Gasteiger partial charge in [-0.2, -0.15) is 0 Å². The molecule has 426 valence electrons. The summed E-state index contributed by atoms with van der Waals surface area (Å²) in [5.74, 6) is -0.208. The van der Waals surface area contributed by atoms with Crippen LogP contribution in [0.5, 0.6) is 0 Å². The van der Waals surface area contributed by atoms with Crippen LogP contribution in [0.4, 0.5) is 0 Å². The highest BCUT2D eigenvalue weighted by atomic mass is 31.2. The number of allylic oxidation sites excluding steroid dienone is 5. The lowest BCUT2D eigenvalue weighted by atomic mass is 10.0. The number of nitrogens with one attached hydrogen (secondary N) is 1. The standard InChI is InChI=1S/C63H123N2O6P/c1-6-8-10-12-14-16-18-20-22-24-26-27-28-29-30-31-32-33-34-35-36-37-38-39-40-42-44-46-48-50-52-54-56-62(66)61(60-71-72(68,69)70-59-58-65(3,4)5)64-63(67)57-55-53-51-49-47-45-43-41-25-23-21-19-17-15-13-11-9-7-2/h23,25,46,48,54,56,61-62,66H,6-22,24,26-45,47,49-53,55,57-60H2,1-5H3,(H-,64,67,68,69)/b25-23-,48-46+,56-54+. The molecule has 0 aliphatic carbocycles. The van der Waals surface area contributed by atoms with Crippen LogP contribution in [0.2, 0.25) is 0 Å². The molecule has 0 heterocycles. The van der Waals surface area contributed by atoms with Gasteiger partial charge in [0.2, 0.25) is 5.91 Å². The van der Waals surface area contributed by atoms with E-state index in [1.165, 1.54) is 250 Å². The zero-order valence-electron chi connectivity index (χ0n) is 48.6. The van der Waals surface area contributed by atoms with Crippen molar-refractivity contribution in [2.45, 2.75) is 321 Å². The molecule has 0 spiro atoms. The van der Waals surface area contributed by atoms with Gasteiger partial charge >= 0.3 is 0 Å². The largest absolute Gasteiger partial charge is 0.756 e. The van der Waals surface area contributed by atoms with Crippen LogP contribution < -0.4 is 10.2 Å². The number of likely N-dealkylation sites (N-methyl/N-ethyl adjacent to an activating group) is 1. The van der Waals surface area contributed by atoms with Crippen LogP contribution in [0.15, 0.2) is 36.5 Å². The second-order valence-corrected chi connectivity index (χ2v) is 24.2. The number of aliphatic hydroxyl groups excluding tert-OH is 1. The fraction of sp³-hybridized carbons (Fsp3) is 0.889. The summed E-state index contributed by atoms with van der Waals surface area (Å²) in [5, 5.41) is 13.9. The Morgan fingerprint density at radius 2 is 0.778 bits per heavy atom. The average Bonchev–Trinajstić information content (AvgIpc) is 3.34. The minimum absolute atomic E-state index is 0.00656. The third kappa shape index (κ3) is 56.4. The maximum atomic E-state index is 13.0. The molecular formula is C63H123N2O6P. The molecule has 0 bridgehead atoms. The second kappa shape index (κ2) is 54.5. The molecule has 0 aromatic heterocycles. The summed E-state index contributed by atoms with van der Waals surface area (Å²) in [5.41, 5.74) is 0. The van der Waals surface area contributed by atoms with Crippen LogP contribution in [-0.4, -0.2) is 68.5 Å². The quantitative estimate of drug-likeness (QED) is 0.0272. The Hall–Kier alpha value is -1.28. The van der Waals surface area contributed by atoms with Gasteiger partial charge in [0, 0.05) is 6.42 Å². The predicted molar refractivity (Wildman–Crippen MR) is 311 cm³/mol. The summed E-state index contributed by atoms with van der Waals surface area (Å²) in [4.78, 5) is 25.5. The highest BCUT2D eigenvalue weighted by Gasteiger charge is 2.23. The Bertz CT molecular complexity index is 1270. The van der Waals surface area contributed by atoms with E-state index < -0.39 is 26.6 Å². The van der Waals surface area contributed by atoms with E-state index in [2.05, 4.69) is 43.5 Å². The van der Waals surface area contributed by atoms with Crippen molar-refractivity contribution in [3.8, 4) is 0 Å². The molecular weight excluding hydrogens is 912 g/mol. The number of unbranched alkanes of at least 4 members (excludes halogenated alkanes) is 41. The number of nitrogens with zero attached hydrogens (tertiary/aromatic N) is 1. The molecule has 0 aliphatic heterocycles. The molecule has 0 saturated heterocycles. The van der Waals surface area contributed by atoms with E-state index in [-0.39, 0.29) is 12.5 Å². The van der Waals surface area contributed by atoms with Crippen molar-refractivity contribution in [2.75, 3.05) is 40.9 Å². The Morgan fingerprint density at radius 3 is 1.12 bits per heavy atom. The molecule has 3 unspecified atom stereocenters. The molecule has 0 fully saturated rings. The van der Waals surface area contributed by atoms with Gasteiger partial charge in [-0.15, -0.1) is 0 Å². The zero-order valence-corrected chi connectivity index (χ0v) is 49.5. The van der Waals surface area contributed by atoms with Crippen LogP contribution in [0.25, 0.3) is 0 Å². The zero-order chi connectivity index (χ0) is 52.7. The summed E-state index contributed by atoms with van der Waals surface area (Å²) in [6, 6.07) is -0.906. The van der Waals surface area contributed by atoms with Crippen molar-refractivity contribution in [1.82, 2.24) is 5.32 Å². The van der Waals surface area contributed by atoms with Gasteiger partial charge in [-0.05, 0) is 57.8 Å². The van der Waals surface area contributed by atoms with E-state index in [1.54, 1.807) is 6.08 Å². The highest BCUT2D eigenvalue weighted by Crippen LogP contribution is 2.38. The number of phosphoric acid groups is 1. The number of carbonyl (C=O) groups is 1. The van der Waals surface area contributed by atoms with Crippen molar-refractivity contribution < 1.29 is 32.9 Å². The summed E-state index contributed by atoms with van der Waals surface area (Å²) in [6.07, 6.45) is 71.1. The molecule has 72 heavy (non-hydrogen) atoms. The van der Waals surface area contributed by atoms with Gasteiger partial charge in [0.25, 0.3) is 7.82 Å². The first-order chi connectivity index (χ1) is 35.0. The molecule has 1 amide bonds. The SMILES string of the molecule is CCCCCCCCC/C=C\CCCCCCCCCC(=O)NC(COP(=O)([O-])OCC[N+](C)(C)C)C(O)/C=C/CC/C=C/CCCCCCCCCCCCCCCCCCCCCCCCCCCC. The van der Waals surface area contributed by atoms with E-state index in [4.69, 9.17) is 9.05 Å². The smallest absolute Gasteiger partial charge is 0.268 e. The van der Waals surface area contributed by atoms with Gasteiger partial charge in [-0.1, -0.05) is 281 Å². The Balaban J connectivity index is 4.12. The van der Waals surface area contributed by atoms with Crippen LogP contribution in [-0.2, 0) is 18.4 Å². The lowest BCUT2D eigenvalue weighted by molar-refractivity contribution is -0.870. The lowest BCUT2D eigenvalue weighted by Gasteiger charge is -2.29. The molecule has 0 aromatic rings. The number of phosphoric ester groups is 1. The minimum atomic E-state index is -4.61. The maximum absolute atomic E-state index is 13.0. The van der Waals surface area contributed by atoms with Crippen molar-refractivity contribution >= 4 is 13.7 Å². The predicted octanol–water partition coefficient (Wildman–Crippen LogP) is 18.7. The Labute approximate surface area is 448 Å². The van der Waals surface area contributed by atoms with E-state index in [0.29, 0.717) is 17.4 Å². The van der Waals surface area contributed by atoms with Crippen molar-refractivity contribution in [2.24, 2.45) is 0 Å². The van der Waals surface area contributed by atoms with Crippen molar-refractivity contribution in [1.29, 1.82) is 0 Å². The minimum Gasteiger partial charge on any atom is -0.756 e. The normalized spacial score (nSPS) is 14.0. The molecule has 3 atom stereocenters. The number of hydrogen-bond acceptors (Lipinski definition) is 6. The van der Waals surface area contributed by atoms with Gasteiger partial charge in [0.1, 0.15) is 13.2 Å². The van der Waals surface area contributed by atoms with Crippen molar-refractivity contribution in [3.05, 3.63) is 36.5 Å². The molecule has 0 rings (SSSR count). The fourth-order valence-corrected chi connectivity index (χ4v) is 10.1. The third-order valence-electron chi connectivity index (χ3n) is 14.3. The maximum Gasteiger partial charge on any atom is 0.268 e. The highest BCUT2D eigenvalue weighted by molar-refractivity contribution is 7.45. The summed E-state index contributed by atoms with van der Waals surface area (Å²) >= 11 is 0. The number of hydrogen-bond donors (Lipinski definition) is 2. The summed E-state index contributed by atoms with van der Waals surface area (Å²) in [6.45, 7) is 4.66.